The molecule has 0 bridgehead atoms. The second kappa shape index (κ2) is 14.8. The molecular weight excluding hydrogens is 562 g/mol. The van der Waals surface area contributed by atoms with Crippen molar-refractivity contribution >= 4 is 40.6 Å². The first-order chi connectivity index (χ1) is 20.3. The lowest BCUT2D eigenvalue weighted by Crippen LogP contribution is -2.59. The highest BCUT2D eigenvalue weighted by Crippen LogP contribution is 2.20. The molecule has 2 aromatic carbocycles. The zero-order valence-electron chi connectivity index (χ0n) is 23.3. The number of aliphatic hydroxyl groups excluding tert-OH is 1. The summed E-state index contributed by atoms with van der Waals surface area (Å²) in [6.45, 7) is 1.20. The average molecular weight is 598 g/mol. The second-order valence-electron chi connectivity index (χ2n) is 10.2. The summed E-state index contributed by atoms with van der Waals surface area (Å²) in [5, 5.41) is 46.0. The van der Waals surface area contributed by atoms with E-state index in [9.17, 15) is 39.3 Å². The number of carbonyl (C=O) groups excluding carboxylic acids is 3. The van der Waals surface area contributed by atoms with E-state index in [0.717, 1.165) is 10.9 Å². The Morgan fingerprint density at radius 1 is 0.860 bits per heavy atom. The number of aromatic nitrogens is 1. The largest absolute Gasteiger partial charge is 0.508 e. The Kier molecular flexibility index (Phi) is 11.2. The molecule has 5 unspecified atom stereocenters. The zero-order chi connectivity index (χ0) is 31.7. The molecule has 3 amide bonds. The lowest BCUT2D eigenvalue weighted by Gasteiger charge is -2.26. The number of H-pyrrole nitrogens is 1. The third-order valence-electron chi connectivity index (χ3n) is 6.79. The van der Waals surface area contributed by atoms with Gasteiger partial charge in [-0.1, -0.05) is 30.3 Å². The summed E-state index contributed by atoms with van der Waals surface area (Å²) in [6, 6.07) is 7.53. The van der Waals surface area contributed by atoms with Crippen LogP contribution in [0.2, 0.25) is 0 Å². The van der Waals surface area contributed by atoms with E-state index in [2.05, 4.69) is 20.9 Å². The molecule has 0 spiro atoms. The van der Waals surface area contributed by atoms with Gasteiger partial charge in [0.1, 0.15) is 17.8 Å². The number of fused-ring (bicyclic) bond motifs is 1. The molecule has 1 heterocycles. The van der Waals surface area contributed by atoms with Crippen LogP contribution in [0.3, 0.4) is 0 Å². The Bertz CT molecular complexity index is 1450. The molecule has 0 aliphatic carbocycles. The van der Waals surface area contributed by atoms with E-state index in [1.807, 2.05) is 12.1 Å². The van der Waals surface area contributed by atoms with Crippen LogP contribution in [0.25, 0.3) is 10.9 Å². The summed E-state index contributed by atoms with van der Waals surface area (Å²) >= 11 is 0. The molecule has 3 rings (SSSR count). The van der Waals surface area contributed by atoms with Gasteiger partial charge < -0.3 is 47.1 Å². The number of aliphatic hydroxyl groups is 1. The van der Waals surface area contributed by atoms with Crippen LogP contribution in [0.15, 0.2) is 54.7 Å². The monoisotopic (exact) mass is 597 g/mol. The summed E-state index contributed by atoms with van der Waals surface area (Å²) in [5.74, 6) is -5.14. The molecule has 5 atom stereocenters. The van der Waals surface area contributed by atoms with E-state index in [1.54, 1.807) is 18.3 Å². The van der Waals surface area contributed by atoms with Gasteiger partial charge in [0.25, 0.3) is 0 Å². The van der Waals surface area contributed by atoms with Gasteiger partial charge in [0.05, 0.1) is 12.1 Å². The van der Waals surface area contributed by atoms with Gasteiger partial charge in [-0.3, -0.25) is 19.2 Å². The lowest BCUT2D eigenvalue weighted by molar-refractivity contribution is -0.145. The van der Waals surface area contributed by atoms with Crippen molar-refractivity contribution < 1.29 is 44.4 Å². The Balaban J connectivity index is 1.90. The predicted octanol–water partition coefficient (Wildman–Crippen LogP) is -0.229. The van der Waals surface area contributed by atoms with Crippen LogP contribution in [0, 0.1) is 0 Å². The van der Waals surface area contributed by atoms with Crippen LogP contribution < -0.4 is 21.7 Å². The van der Waals surface area contributed by atoms with Crippen LogP contribution in [0.1, 0.15) is 30.9 Å². The Labute approximate surface area is 246 Å². The number of para-hydroxylation sites is 1. The van der Waals surface area contributed by atoms with E-state index >= 15 is 0 Å². The molecule has 230 valence electrons. The molecule has 0 fully saturated rings. The van der Waals surface area contributed by atoms with Gasteiger partial charge in [0.2, 0.25) is 17.7 Å². The molecule has 1 aromatic heterocycles. The fraction of sp³-hybridized carbons (Fsp3) is 0.345. The maximum Gasteiger partial charge on any atom is 0.328 e. The van der Waals surface area contributed by atoms with Crippen LogP contribution in [0.5, 0.6) is 5.75 Å². The number of phenols is 1. The normalized spacial score (nSPS) is 14.6. The molecule has 0 radical (unpaired) electrons. The SMILES string of the molecule is CC(O)C(NC(=O)C(Cc1c[nH]c2ccccc12)NC(=O)C(Cc1ccc(O)cc1)NC(=O)C(N)CCC(=O)O)C(=O)O. The molecule has 43 heavy (non-hydrogen) atoms. The zero-order valence-corrected chi connectivity index (χ0v) is 23.3. The molecule has 14 nitrogen and oxygen atoms in total. The van der Waals surface area contributed by atoms with Crippen molar-refractivity contribution in [3.8, 4) is 5.75 Å². The van der Waals surface area contributed by atoms with Crippen LogP contribution in [-0.2, 0) is 36.8 Å². The number of rotatable bonds is 15. The maximum atomic E-state index is 13.6. The summed E-state index contributed by atoms with van der Waals surface area (Å²) < 4.78 is 0. The molecule has 14 heteroatoms. The van der Waals surface area contributed by atoms with Crippen LogP contribution in [-0.4, -0.2) is 85.3 Å². The number of nitrogens with two attached hydrogens (primary N) is 1. The van der Waals surface area contributed by atoms with Gasteiger partial charge in [-0.05, 0) is 42.7 Å². The van der Waals surface area contributed by atoms with Crippen LogP contribution in [0.4, 0.5) is 0 Å². The van der Waals surface area contributed by atoms with Crippen LogP contribution >= 0.6 is 0 Å². The maximum absolute atomic E-state index is 13.6. The summed E-state index contributed by atoms with van der Waals surface area (Å²) in [6.07, 6.45) is -0.514. The number of carbonyl (C=O) groups is 5. The van der Waals surface area contributed by atoms with E-state index in [0.29, 0.717) is 11.1 Å². The first kappa shape index (κ1) is 32.6. The minimum absolute atomic E-state index is 0.0222. The summed E-state index contributed by atoms with van der Waals surface area (Å²) in [5.41, 5.74) is 7.78. The van der Waals surface area contributed by atoms with Crippen molar-refractivity contribution in [1.29, 1.82) is 0 Å². The number of hydrogen-bond acceptors (Lipinski definition) is 8. The minimum Gasteiger partial charge on any atom is -0.508 e. The smallest absolute Gasteiger partial charge is 0.328 e. The predicted molar refractivity (Wildman–Crippen MR) is 154 cm³/mol. The lowest BCUT2D eigenvalue weighted by atomic mass is 10.0. The molecular formula is C29H35N5O9. The topological polar surface area (TPSA) is 244 Å². The third-order valence-corrected chi connectivity index (χ3v) is 6.79. The number of phenolic OH excluding ortho intramolecular Hbond substituents is 1. The molecule has 10 N–H and O–H groups in total. The van der Waals surface area contributed by atoms with E-state index in [4.69, 9.17) is 10.8 Å². The molecule has 0 aliphatic heterocycles. The number of aliphatic carboxylic acids is 2. The van der Waals surface area contributed by atoms with Crippen molar-refractivity contribution in [3.63, 3.8) is 0 Å². The van der Waals surface area contributed by atoms with Crippen molar-refractivity contribution in [2.24, 2.45) is 5.73 Å². The molecule has 3 aromatic rings. The first-order valence-corrected chi connectivity index (χ1v) is 13.5. The van der Waals surface area contributed by atoms with Crippen molar-refractivity contribution in [2.45, 2.75) is 62.9 Å². The van der Waals surface area contributed by atoms with Gasteiger partial charge in [0, 0.05) is 36.4 Å². The van der Waals surface area contributed by atoms with E-state index < -0.39 is 59.9 Å². The van der Waals surface area contributed by atoms with Gasteiger partial charge in [-0.2, -0.15) is 0 Å². The van der Waals surface area contributed by atoms with Crippen molar-refractivity contribution in [2.75, 3.05) is 0 Å². The number of carboxylic acids is 2. The van der Waals surface area contributed by atoms with Crippen molar-refractivity contribution in [1.82, 2.24) is 20.9 Å². The van der Waals surface area contributed by atoms with Crippen molar-refractivity contribution in [3.05, 3.63) is 65.9 Å². The number of nitrogens with one attached hydrogen (secondary N) is 4. The average Bonchev–Trinajstić information content (AvgIpc) is 3.37. The quantitative estimate of drug-likeness (QED) is 0.111. The Hall–Kier alpha value is -4.95. The van der Waals surface area contributed by atoms with E-state index in [-0.39, 0.29) is 31.4 Å². The molecule has 0 saturated heterocycles. The number of amides is 3. The highest BCUT2D eigenvalue weighted by atomic mass is 16.4. The highest BCUT2D eigenvalue weighted by Gasteiger charge is 2.32. The Morgan fingerprint density at radius 3 is 2.09 bits per heavy atom. The summed E-state index contributed by atoms with van der Waals surface area (Å²) in [4.78, 5) is 65.4. The van der Waals surface area contributed by atoms with Gasteiger partial charge in [0.15, 0.2) is 6.04 Å². The molecule has 0 aliphatic rings. The molecule has 0 saturated carbocycles. The minimum atomic E-state index is -1.66. The fourth-order valence-electron chi connectivity index (χ4n) is 4.41. The van der Waals surface area contributed by atoms with Gasteiger partial charge >= 0.3 is 11.9 Å². The van der Waals surface area contributed by atoms with Gasteiger partial charge in [-0.15, -0.1) is 0 Å². The Morgan fingerprint density at radius 2 is 1.47 bits per heavy atom. The number of benzene rings is 2. The first-order valence-electron chi connectivity index (χ1n) is 13.5. The second-order valence-corrected chi connectivity index (χ2v) is 10.2. The van der Waals surface area contributed by atoms with E-state index in [1.165, 1.54) is 31.2 Å². The number of aromatic amines is 1. The number of hydrogen-bond donors (Lipinski definition) is 9. The van der Waals surface area contributed by atoms with Gasteiger partial charge in [-0.25, -0.2) is 4.79 Å². The standard InChI is InChI=1S/C29H35N5O9/c1-15(35)25(29(42)43)34-28(41)23(13-17-14-31-21-5-3-2-4-19(17)21)33-27(40)22(12-16-6-8-18(36)9-7-16)32-26(39)20(30)10-11-24(37)38/h2-9,14-15,20,22-23,25,31,35-36H,10-13,30H2,1H3,(H,32,39)(H,33,40)(H,34,41)(H,37,38)(H,42,43). The number of aromatic hydroxyl groups is 1. The fourth-order valence-corrected chi connectivity index (χ4v) is 4.41. The number of carboxylic acid groups (broad SMARTS) is 2. The third kappa shape index (κ3) is 9.28. The summed E-state index contributed by atoms with van der Waals surface area (Å²) in [7, 11) is 0. The highest BCUT2D eigenvalue weighted by molar-refractivity contribution is 5.95.